The maximum absolute atomic E-state index is 12.8. The Morgan fingerprint density at radius 1 is 1.50 bits per heavy atom. The van der Waals surface area contributed by atoms with Crippen LogP contribution in [-0.4, -0.2) is 42.2 Å². The standard InChI is InChI=1S/C15H25N3O3S/c1-13(2)10-4-5-15(13)9-22(20,21)18(11(15)8-10)12(19)14(3,17)6-7-16/h7,10-11,16H,4-6,8-9,17H2,1-3H3/t10?,11-,14-,15-/m1/s1. The highest BCUT2D eigenvalue weighted by Crippen LogP contribution is 2.70. The highest BCUT2D eigenvalue weighted by atomic mass is 32.2. The van der Waals surface area contributed by atoms with Crippen LogP contribution in [0, 0.1) is 22.2 Å². The Morgan fingerprint density at radius 2 is 2.14 bits per heavy atom. The Bertz CT molecular complexity index is 640. The van der Waals surface area contributed by atoms with Gasteiger partial charge in [-0.15, -0.1) is 0 Å². The number of nitrogens with two attached hydrogens (primary N) is 1. The van der Waals surface area contributed by atoms with Gasteiger partial charge < -0.3 is 11.1 Å². The summed E-state index contributed by atoms with van der Waals surface area (Å²) in [6.07, 6.45) is 3.77. The van der Waals surface area contributed by atoms with Gasteiger partial charge in [-0.2, -0.15) is 0 Å². The Balaban J connectivity index is 2.04. The number of sulfonamides is 1. The normalized spacial score (nSPS) is 40.3. The summed E-state index contributed by atoms with van der Waals surface area (Å²) in [6, 6.07) is -0.257. The summed E-state index contributed by atoms with van der Waals surface area (Å²) in [6.45, 7) is 5.81. The summed E-state index contributed by atoms with van der Waals surface area (Å²) < 4.78 is 26.6. The molecule has 2 saturated carbocycles. The third kappa shape index (κ3) is 1.72. The summed E-state index contributed by atoms with van der Waals surface area (Å²) in [5.41, 5.74) is 4.28. The molecule has 1 saturated heterocycles. The van der Waals surface area contributed by atoms with Crippen LogP contribution in [0.3, 0.4) is 0 Å². The number of hydrogen-bond acceptors (Lipinski definition) is 5. The molecule has 0 aromatic heterocycles. The Morgan fingerprint density at radius 3 is 2.68 bits per heavy atom. The molecule has 0 aromatic carbocycles. The van der Waals surface area contributed by atoms with Crippen molar-refractivity contribution in [3.8, 4) is 0 Å². The van der Waals surface area contributed by atoms with Crippen molar-refractivity contribution in [1.82, 2.24) is 4.31 Å². The number of amides is 1. The average Bonchev–Trinajstić information content (AvgIpc) is 2.84. The molecule has 6 nitrogen and oxygen atoms in total. The fraction of sp³-hybridized carbons (Fsp3) is 0.867. The predicted molar refractivity (Wildman–Crippen MR) is 84.0 cm³/mol. The molecule has 22 heavy (non-hydrogen) atoms. The molecule has 1 aliphatic heterocycles. The maximum atomic E-state index is 12.8. The lowest BCUT2D eigenvalue weighted by Gasteiger charge is -2.38. The molecule has 7 heteroatoms. The molecule has 1 unspecified atom stereocenters. The van der Waals surface area contributed by atoms with Crippen LogP contribution in [0.15, 0.2) is 0 Å². The van der Waals surface area contributed by atoms with Crippen LogP contribution < -0.4 is 5.73 Å². The zero-order valence-electron chi connectivity index (χ0n) is 13.4. The quantitative estimate of drug-likeness (QED) is 0.758. The lowest BCUT2D eigenvalue weighted by Crippen LogP contribution is -2.56. The van der Waals surface area contributed by atoms with Gasteiger partial charge in [0.2, 0.25) is 10.0 Å². The largest absolute Gasteiger partial charge is 0.317 e. The fourth-order valence-corrected chi connectivity index (χ4v) is 7.74. The molecule has 3 N–H and O–H groups in total. The van der Waals surface area contributed by atoms with Crippen LogP contribution in [0.5, 0.6) is 0 Å². The lowest BCUT2D eigenvalue weighted by molar-refractivity contribution is -0.133. The maximum Gasteiger partial charge on any atom is 0.256 e. The molecular weight excluding hydrogens is 302 g/mol. The van der Waals surface area contributed by atoms with Crippen LogP contribution in [0.1, 0.15) is 46.5 Å². The van der Waals surface area contributed by atoms with Gasteiger partial charge in [0.1, 0.15) is 0 Å². The van der Waals surface area contributed by atoms with Crippen molar-refractivity contribution in [2.45, 2.75) is 58.0 Å². The number of nitrogens with zero attached hydrogens (tertiary/aromatic N) is 1. The lowest BCUT2D eigenvalue weighted by atomic mass is 9.69. The molecule has 0 radical (unpaired) electrons. The highest BCUT2D eigenvalue weighted by Gasteiger charge is 2.72. The zero-order valence-corrected chi connectivity index (χ0v) is 14.2. The minimum atomic E-state index is -3.63. The molecule has 3 aliphatic rings. The minimum absolute atomic E-state index is 0.0460. The van der Waals surface area contributed by atoms with E-state index in [4.69, 9.17) is 11.1 Å². The van der Waals surface area contributed by atoms with Crippen molar-refractivity contribution in [2.24, 2.45) is 22.5 Å². The van der Waals surface area contributed by atoms with Gasteiger partial charge >= 0.3 is 0 Å². The van der Waals surface area contributed by atoms with E-state index in [0.29, 0.717) is 5.92 Å². The van der Waals surface area contributed by atoms with Crippen molar-refractivity contribution < 1.29 is 13.2 Å². The number of carbonyl (C=O) groups excluding carboxylic acids is 1. The molecule has 1 heterocycles. The van der Waals surface area contributed by atoms with Crippen molar-refractivity contribution in [2.75, 3.05) is 5.75 Å². The van der Waals surface area contributed by atoms with Crippen LogP contribution in [0.2, 0.25) is 0 Å². The van der Waals surface area contributed by atoms with Crippen molar-refractivity contribution >= 4 is 22.1 Å². The first-order valence-electron chi connectivity index (χ1n) is 7.84. The highest BCUT2D eigenvalue weighted by molar-refractivity contribution is 7.90. The number of carbonyl (C=O) groups is 1. The molecule has 3 rings (SSSR count). The first-order chi connectivity index (χ1) is 9.99. The van der Waals surface area contributed by atoms with Crippen molar-refractivity contribution in [3.05, 3.63) is 0 Å². The summed E-state index contributed by atoms with van der Waals surface area (Å²) in [4.78, 5) is 12.8. The van der Waals surface area contributed by atoms with Gasteiger partial charge in [0, 0.05) is 11.8 Å². The first-order valence-corrected chi connectivity index (χ1v) is 9.45. The van der Waals surface area contributed by atoms with Gasteiger partial charge in [-0.25, -0.2) is 12.7 Å². The zero-order chi connectivity index (χ0) is 16.6. The SMILES string of the molecule is CC1(C)C2CC[C@]13CS(=O)(=O)N(C(=O)[C@](C)(N)CC=N)[C@@H]3C2. The molecule has 2 bridgehead atoms. The summed E-state index contributed by atoms with van der Waals surface area (Å²) in [7, 11) is -3.63. The number of hydrogen-bond donors (Lipinski definition) is 2. The van der Waals surface area contributed by atoms with E-state index in [2.05, 4.69) is 13.8 Å². The van der Waals surface area contributed by atoms with Gasteiger partial charge in [0.25, 0.3) is 5.91 Å². The van der Waals surface area contributed by atoms with Gasteiger partial charge in [0.05, 0.1) is 17.3 Å². The van der Waals surface area contributed by atoms with E-state index in [1.165, 1.54) is 6.92 Å². The van der Waals surface area contributed by atoms with Crippen molar-refractivity contribution in [1.29, 1.82) is 5.41 Å². The monoisotopic (exact) mass is 327 g/mol. The second kappa shape index (κ2) is 4.32. The second-order valence-corrected chi connectivity index (χ2v) is 9.89. The molecule has 124 valence electrons. The van der Waals surface area contributed by atoms with E-state index < -0.39 is 21.5 Å². The van der Waals surface area contributed by atoms with Gasteiger partial charge in [-0.3, -0.25) is 4.79 Å². The smallest absolute Gasteiger partial charge is 0.256 e. The Labute approximate surface area is 132 Å². The number of rotatable bonds is 3. The molecular formula is C15H25N3O3S. The van der Waals surface area contributed by atoms with Crippen LogP contribution >= 0.6 is 0 Å². The van der Waals surface area contributed by atoms with Crippen molar-refractivity contribution in [3.63, 3.8) is 0 Å². The Kier molecular flexibility index (Phi) is 3.13. The minimum Gasteiger partial charge on any atom is -0.317 e. The van der Waals surface area contributed by atoms with Gasteiger partial charge in [0.15, 0.2) is 0 Å². The molecule has 4 atom stereocenters. The predicted octanol–water partition coefficient (Wildman–Crippen LogP) is 1.11. The topological polar surface area (TPSA) is 104 Å². The summed E-state index contributed by atoms with van der Waals surface area (Å²) in [5, 5.41) is 7.19. The molecule has 1 spiro atoms. The first kappa shape index (κ1) is 15.9. The van der Waals surface area contributed by atoms with Crippen LogP contribution in [0.4, 0.5) is 0 Å². The van der Waals surface area contributed by atoms with E-state index in [9.17, 15) is 13.2 Å². The fourth-order valence-electron chi connectivity index (χ4n) is 5.11. The third-order valence-electron chi connectivity index (χ3n) is 6.63. The molecule has 2 aliphatic carbocycles. The van der Waals surface area contributed by atoms with Crippen LogP contribution in [-0.2, 0) is 14.8 Å². The van der Waals surface area contributed by atoms with Gasteiger partial charge in [-0.05, 0) is 43.7 Å². The second-order valence-electron chi connectivity index (χ2n) is 8.05. The Hall–Kier alpha value is -0.950. The molecule has 0 aromatic rings. The number of fused-ring (bicyclic) bond motifs is 1. The molecule has 1 amide bonds. The van der Waals surface area contributed by atoms with Crippen LogP contribution in [0.25, 0.3) is 0 Å². The van der Waals surface area contributed by atoms with E-state index in [1.54, 1.807) is 0 Å². The molecule has 3 fully saturated rings. The van der Waals surface area contributed by atoms with E-state index in [1.807, 2.05) is 0 Å². The van der Waals surface area contributed by atoms with E-state index in [-0.39, 0.29) is 29.0 Å². The van der Waals surface area contributed by atoms with Gasteiger partial charge in [-0.1, -0.05) is 13.8 Å². The number of nitrogens with one attached hydrogen (secondary N) is 1. The summed E-state index contributed by atoms with van der Waals surface area (Å²) in [5.74, 6) is -0.0306. The summed E-state index contributed by atoms with van der Waals surface area (Å²) >= 11 is 0. The van der Waals surface area contributed by atoms with E-state index in [0.717, 1.165) is 29.8 Å². The third-order valence-corrected chi connectivity index (χ3v) is 8.53. The van der Waals surface area contributed by atoms with E-state index >= 15 is 0 Å². The average molecular weight is 327 g/mol.